The van der Waals surface area contributed by atoms with Crippen LogP contribution in [-0.4, -0.2) is 45.6 Å². The number of carbonyl (C=O) groups excluding carboxylic acids is 2. The standard InChI is InChI=1S/C18H22N4O2/c1-14(22-11-5-10-19-22)18(24)21-12-8-16(9-13-21)20-17(23)15-6-3-2-4-7-15/h2-7,10-11,14,16H,8-9,12-13H2,1H3,(H,20,23). The summed E-state index contributed by atoms with van der Waals surface area (Å²) in [6.45, 7) is 3.17. The highest BCUT2D eigenvalue weighted by Crippen LogP contribution is 2.16. The maximum Gasteiger partial charge on any atom is 0.251 e. The minimum atomic E-state index is -0.296. The fourth-order valence-electron chi connectivity index (χ4n) is 2.99. The Morgan fingerprint density at radius 1 is 1.17 bits per heavy atom. The van der Waals surface area contributed by atoms with Crippen molar-refractivity contribution in [3.05, 3.63) is 54.4 Å². The molecular formula is C18H22N4O2. The van der Waals surface area contributed by atoms with Gasteiger partial charge < -0.3 is 10.2 Å². The number of rotatable bonds is 4. The molecule has 0 spiro atoms. The fourth-order valence-corrected chi connectivity index (χ4v) is 2.99. The summed E-state index contributed by atoms with van der Waals surface area (Å²) in [6, 6.07) is 10.8. The summed E-state index contributed by atoms with van der Waals surface area (Å²) in [5.74, 6) is 0.0248. The lowest BCUT2D eigenvalue weighted by Crippen LogP contribution is -2.48. The van der Waals surface area contributed by atoms with Gasteiger partial charge in [-0.05, 0) is 38.0 Å². The molecule has 1 unspecified atom stereocenters. The number of nitrogens with zero attached hydrogens (tertiary/aromatic N) is 3. The molecule has 0 aliphatic carbocycles. The van der Waals surface area contributed by atoms with Crippen LogP contribution in [0.2, 0.25) is 0 Å². The second kappa shape index (κ2) is 7.29. The molecular weight excluding hydrogens is 304 g/mol. The van der Waals surface area contributed by atoms with Gasteiger partial charge in [0.15, 0.2) is 0 Å². The Morgan fingerprint density at radius 3 is 2.50 bits per heavy atom. The summed E-state index contributed by atoms with van der Waals surface area (Å²) in [5.41, 5.74) is 0.670. The van der Waals surface area contributed by atoms with Crippen LogP contribution in [-0.2, 0) is 4.79 Å². The SMILES string of the molecule is CC(C(=O)N1CCC(NC(=O)c2ccccc2)CC1)n1cccn1. The number of aromatic nitrogens is 2. The van der Waals surface area contributed by atoms with Gasteiger partial charge >= 0.3 is 0 Å². The molecule has 126 valence electrons. The van der Waals surface area contributed by atoms with Gasteiger partial charge in [-0.2, -0.15) is 5.10 Å². The first kappa shape index (κ1) is 16.2. The van der Waals surface area contributed by atoms with E-state index in [0.717, 1.165) is 12.8 Å². The number of hydrogen-bond donors (Lipinski definition) is 1. The van der Waals surface area contributed by atoms with Gasteiger partial charge in [-0.3, -0.25) is 14.3 Å². The van der Waals surface area contributed by atoms with Gasteiger partial charge in [-0.15, -0.1) is 0 Å². The molecule has 6 nitrogen and oxygen atoms in total. The van der Waals surface area contributed by atoms with Crippen molar-refractivity contribution in [2.24, 2.45) is 0 Å². The van der Waals surface area contributed by atoms with E-state index in [2.05, 4.69) is 10.4 Å². The van der Waals surface area contributed by atoms with Crippen molar-refractivity contribution in [1.82, 2.24) is 20.0 Å². The topological polar surface area (TPSA) is 67.2 Å². The first-order valence-electron chi connectivity index (χ1n) is 8.29. The van der Waals surface area contributed by atoms with Crippen LogP contribution in [0.25, 0.3) is 0 Å². The molecule has 1 atom stereocenters. The van der Waals surface area contributed by atoms with Crippen LogP contribution < -0.4 is 5.32 Å². The van der Waals surface area contributed by atoms with E-state index >= 15 is 0 Å². The lowest BCUT2D eigenvalue weighted by molar-refractivity contribution is -0.135. The molecule has 1 N–H and O–H groups in total. The molecule has 24 heavy (non-hydrogen) atoms. The van der Waals surface area contributed by atoms with E-state index in [4.69, 9.17) is 0 Å². The highest BCUT2D eigenvalue weighted by atomic mass is 16.2. The minimum absolute atomic E-state index is 0.0507. The molecule has 2 amide bonds. The number of nitrogens with one attached hydrogen (secondary N) is 1. The molecule has 3 rings (SSSR count). The van der Waals surface area contributed by atoms with E-state index in [9.17, 15) is 9.59 Å². The molecule has 0 radical (unpaired) electrons. The molecule has 6 heteroatoms. The molecule has 0 bridgehead atoms. The van der Waals surface area contributed by atoms with Crippen molar-refractivity contribution in [2.75, 3.05) is 13.1 Å². The van der Waals surface area contributed by atoms with Gasteiger partial charge in [-0.25, -0.2) is 0 Å². The van der Waals surface area contributed by atoms with Gasteiger partial charge in [0.2, 0.25) is 5.91 Å². The monoisotopic (exact) mass is 326 g/mol. The number of amides is 2. The predicted molar refractivity (Wildman–Crippen MR) is 90.4 cm³/mol. The molecule has 1 aliphatic heterocycles. The van der Waals surface area contributed by atoms with Crippen LogP contribution in [0.5, 0.6) is 0 Å². The molecule has 1 aromatic heterocycles. The summed E-state index contributed by atoms with van der Waals surface area (Å²) in [4.78, 5) is 26.6. The zero-order valence-corrected chi connectivity index (χ0v) is 13.8. The number of benzene rings is 1. The van der Waals surface area contributed by atoms with Crippen LogP contribution in [0.1, 0.15) is 36.2 Å². The van der Waals surface area contributed by atoms with Crippen LogP contribution >= 0.6 is 0 Å². The van der Waals surface area contributed by atoms with Crippen molar-refractivity contribution in [2.45, 2.75) is 31.8 Å². The van der Waals surface area contributed by atoms with Crippen molar-refractivity contribution >= 4 is 11.8 Å². The third kappa shape index (κ3) is 3.64. The minimum Gasteiger partial charge on any atom is -0.349 e. The van der Waals surface area contributed by atoms with Crippen LogP contribution in [0.3, 0.4) is 0 Å². The Balaban J connectivity index is 1.51. The van der Waals surface area contributed by atoms with Crippen molar-refractivity contribution in [1.29, 1.82) is 0 Å². The van der Waals surface area contributed by atoms with Gasteiger partial charge in [0.05, 0.1) is 0 Å². The molecule has 2 heterocycles. The second-order valence-corrected chi connectivity index (χ2v) is 6.10. The Hall–Kier alpha value is -2.63. The van der Waals surface area contributed by atoms with Gasteiger partial charge in [0.1, 0.15) is 6.04 Å². The van der Waals surface area contributed by atoms with E-state index in [-0.39, 0.29) is 23.9 Å². The van der Waals surface area contributed by atoms with Crippen molar-refractivity contribution in [3.63, 3.8) is 0 Å². The number of piperidine rings is 1. The molecule has 1 aromatic carbocycles. The molecule has 1 fully saturated rings. The first-order valence-corrected chi connectivity index (χ1v) is 8.29. The van der Waals surface area contributed by atoms with E-state index in [1.54, 1.807) is 29.2 Å². The Bertz CT molecular complexity index is 676. The third-order valence-corrected chi connectivity index (χ3v) is 4.46. The normalized spacial score (nSPS) is 16.6. The predicted octanol–water partition coefficient (Wildman–Crippen LogP) is 1.87. The quantitative estimate of drug-likeness (QED) is 0.932. The number of carbonyl (C=O) groups is 2. The highest BCUT2D eigenvalue weighted by Gasteiger charge is 2.27. The lowest BCUT2D eigenvalue weighted by Gasteiger charge is -2.34. The van der Waals surface area contributed by atoms with E-state index in [1.807, 2.05) is 36.1 Å². The maximum atomic E-state index is 12.5. The van der Waals surface area contributed by atoms with Crippen LogP contribution in [0, 0.1) is 0 Å². The molecule has 2 aromatic rings. The maximum absolute atomic E-state index is 12.5. The van der Waals surface area contributed by atoms with E-state index in [1.165, 1.54) is 0 Å². The Kier molecular flexibility index (Phi) is 4.93. The number of likely N-dealkylation sites (tertiary alicyclic amines) is 1. The summed E-state index contributed by atoms with van der Waals surface area (Å²) < 4.78 is 1.67. The van der Waals surface area contributed by atoms with Crippen molar-refractivity contribution < 1.29 is 9.59 Å². The largest absolute Gasteiger partial charge is 0.349 e. The van der Waals surface area contributed by atoms with Crippen LogP contribution in [0.15, 0.2) is 48.8 Å². The average molecular weight is 326 g/mol. The fraction of sp³-hybridized carbons (Fsp3) is 0.389. The van der Waals surface area contributed by atoms with Gasteiger partial charge in [-0.1, -0.05) is 18.2 Å². The summed E-state index contributed by atoms with van der Waals surface area (Å²) in [7, 11) is 0. The molecule has 0 saturated carbocycles. The average Bonchev–Trinajstić information content (AvgIpc) is 3.16. The molecule has 1 saturated heterocycles. The van der Waals surface area contributed by atoms with E-state index in [0.29, 0.717) is 18.7 Å². The number of hydrogen-bond acceptors (Lipinski definition) is 3. The van der Waals surface area contributed by atoms with Gasteiger partial charge in [0.25, 0.3) is 5.91 Å². The summed E-state index contributed by atoms with van der Waals surface area (Å²) >= 11 is 0. The summed E-state index contributed by atoms with van der Waals surface area (Å²) in [5, 5.41) is 7.19. The Morgan fingerprint density at radius 2 is 1.88 bits per heavy atom. The zero-order valence-electron chi connectivity index (χ0n) is 13.8. The first-order chi connectivity index (χ1) is 11.6. The lowest BCUT2D eigenvalue weighted by atomic mass is 10.0. The van der Waals surface area contributed by atoms with E-state index < -0.39 is 0 Å². The smallest absolute Gasteiger partial charge is 0.251 e. The van der Waals surface area contributed by atoms with Crippen molar-refractivity contribution in [3.8, 4) is 0 Å². The summed E-state index contributed by atoms with van der Waals surface area (Å²) in [6.07, 6.45) is 5.02. The highest BCUT2D eigenvalue weighted by molar-refractivity contribution is 5.94. The Labute approximate surface area is 141 Å². The third-order valence-electron chi connectivity index (χ3n) is 4.46. The molecule has 1 aliphatic rings. The van der Waals surface area contributed by atoms with Crippen LogP contribution in [0.4, 0.5) is 0 Å². The zero-order chi connectivity index (χ0) is 16.9. The van der Waals surface area contributed by atoms with Gasteiger partial charge in [0, 0.05) is 37.1 Å². The second-order valence-electron chi connectivity index (χ2n) is 6.10.